The Morgan fingerprint density at radius 1 is 0.725 bits per heavy atom. The zero-order valence-corrected chi connectivity index (χ0v) is 22.3. The molecule has 16 heteroatoms. The molecule has 2 aromatic rings. The highest BCUT2D eigenvalue weighted by molar-refractivity contribution is 8.72. The fourth-order valence-corrected chi connectivity index (χ4v) is 7.19. The first-order valence-corrected chi connectivity index (χ1v) is 14.3. The Balaban J connectivity index is 2.01. The van der Waals surface area contributed by atoms with Gasteiger partial charge in [0.05, 0.1) is 0 Å². The van der Waals surface area contributed by atoms with Gasteiger partial charge in [-0.05, 0) is 10.8 Å². The Kier molecular flexibility index (Phi) is 9.18. The van der Waals surface area contributed by atoms with E-state index in [0.29, 0.717) is 14.2 Å². The minimum Gasteiger partial charge on any atom is -0.455 e. The van der Waals surface area contributed by atoms with Gasteiger partial charge in [-0.1, -0.05) is 60.7 Å². The van der Waals surface area contributed by atoms with Gasteiger partial charge in [0.25, 0.3) is 11.2 Å². The fourth-order valence-electron chi connectivity index (χ4n) is 4.07. The van der Waals surface area contributed by atoms with Crippen molar-refractivity contribution in [2.24, 2.45) is 0 Å². The van der Waals surface area contributed by atoms with Crippen molar-refractivity contribution in [1.82, 2.24) is 0 Å². The highest BCUT2D eigenvalue weighted by Gasteiger charge is 2.66. The number of hydrogen-bond acceptors (Lipinski definition) is 9. The molecule has 0 bridgehead atoms. The quantitative estimate of drug-likeness (QED) is 0.246. The van der Waals surface area contributed by atoms with E-state index in [9.17, 15) is 44.3 Å². The van der Waals surface area contributed by atoms with Crippen LogP contribution in [0.4, 0.5) is 26.3 Å². The lowest BCUT2D eigenvalue weighted by Crippen LogP contribution is -2.57. The van der Waals surface area contributed by atoms with Gasteiger partial charge in [0.1, 0.15) is 11.9 Å². The van der Waals surface area contributed by atoms with Crippen molar-refractivity contribution in [1.29, 1.82) is 0 Å². The van der Waals surface area contributed by atoms with E-state index >= 15 is 0 Å². The molecule has 220 valence electrons. The molecule has 1 aliphatic rings. The average molecular weight is 617 g/mol. The van der Waals surface area contributed by atoms with Gasteiger partial charge in [-0.25, -0.2) is 18.0 Å². The molecule has 0 aromatic heterocycles. The maximum Gasteiger partial charge on any atom is 0.432 e. The number of carbonyl (C=O) groups is 2. The first-order chi connectivity index (χ1) is 18.6. The SMILES string of the molecule is CO[C@](C(=O)O[C@H]1CS(=O)(=O)SC[C@H]1OC(=O)[C@@](OC)(c1ccccc1)C(F)(F)F)(c1ccccc1)C(F)(F)F. The van der Waals surface area contributed by atoms with E-state index < -0.39 is 79.2 Å². The second kappa shape index (κ2) is 11.6. The molecule has 1 aliphatic heterocycles. The van der Waals surface area contributed by atoms with Gasteiger partial charge in [0.15, 0.2) is 6.10 Å². The number of esters is 2. The molecule has 0 amide bonds. The van der Waals surface area contributed by atoms with Gasteiger partial charge < -0.3 is 18.9 Å². The molecule has 0 spiro atoms. The summed E-state index contributed by atoms with van der Waals surface area (Å²) >= 11 is 0. The van der Waals surface area contributed by atoms with E-state index in [0.717, 1.165) is 24.3 Å². The molecule has 1 heterocycles. The summed E-state index contributed by atoms with van der Waals surface area (Å²) in [6.07, 6.45) is -14.9. The molecule has 0 radical (unpaired) electrons. The molecule has 0 unspecified atom stereocenters. The molecule has 1 fully saturated rings. The second-order valence-corrected chi connectivity index (χ2v) is 12.6. The molecule has 1 saturated heterocycles. The normalized spacial score (nSPS) is 22.4. The van der Waals surface area contributed by atoms with Crippen LogP contribution in [0.2, 0.25) is 0 Å². The zero-order valence-electron chi connectivity index (χ0n) is 20.7. The number of hydrogen-bond donors (Lipinski definition) is 0. The minimum absolute atomic E-state index is 0.166. The molecule has 8 nitrogen and oxygen atoms in total. The molecule has 40 heavy (non-hydrogen) atoms. The van der Waals surface area contributed by atoms with E-state index in [1.54, 1.807) is 0 Å². The summed E-state index contributed by atoms with van der Waals surface area (Å²) in [4.78, 5) is 26.1. The Hall–Kier alpha value is -2.82. The van der Waals surface area contributed by atoms with Gasteiger partial charge in [-0.2, -0.15) is 26.3 Å². The third kappa shape index (κ3) is 5.80. The summed E-state index contributed by atoms with van der Waals surface area (Å²) in [5, 5.41) is 0. The predicted octanol–water partition coefficient (Wildman–Crippen LogP) is 4.10. The number of halogens is 6. The number of benzene rings is 2. The van der Waals surface area contributed by atoms with Crippen LogP contribution in [0.3, 0.4) is 0 Å². The maximum atomic E-state index is 14.3. The van der Waals surface area contributed by atoms with Gasteiger partial charge in [0, 0.05) is 31.1 Å². The van der Waals surface area contributed by atoms with Crippen molar-refractivity contribution in [3.05, 3.63) is 71.8 Å². The summed E-state index contributed by atoms with van der Waals surface area (Å²) in [7, 11) is -2.82. The van der Waals surface area contributed by atoms with E-state index in [-0.39, 0.29) is 10.8 Å². The number of carbonyl (C=O) groups excluding carboxylic acids is 2. The molecular weight excluding hydrogens is 594 g/mol. The van der Waals surface area contributed by atoms with Crippen molar-refractivity contribution in [3.63, 3.8) is 0 Å². The Morgan fingerprint density at radius 2 is 1.10 bits per heavy atom. The third-order valence-corrected chi connectivity index (χ3v) is 9.51. The van der Waals surface area contributed by atoms with E-state index in [1.165, 1.54) is 36.4 Å². The predicted molar refractivity (Wildman–Crippen MR) is 128 cm³/mol. The third-order valence-electron chi connectivity index (χ3n) is 6.06. The summed E-state index contributed by atoms with van der Waals surface area (Å²) in [5.41, 5.74) is -8.81. The van der Waals surface area contributed by atoms with Crippen LogP contribution in [0.25, 0.3) is 0 Å². The number of methoxy groups -OCH3 is 2. The Labute approximate surface area is 228 Å². The minimum atomic E-state index is -5.43. The standard InChI is InChI=1S/C24H22F6O8S2/c1-35-21(23(25,26)27,15-9-5-3-6-10-15)19(31)37-17-13-39-40(33,34)14-18(17)38-20(32)22(36-2,24(28,29)30)16-11-7-4-8-12-16/h3-12,17-18H,13-14H2,1-2H3/t17-,18+,21+,22+/m1/s1. The second-order valence-electron chi connectivity index (χ2n) is 8.39. The molecule has 4 atom stereocenters. The molecule has 0 N–H and O–H groups in total. The van der Waals surface area contributed by atoms with Gasteiger partial charge in [-0.15, -0.1) is 0 Å². The van der Waals surface area contributed by atoms with Crippen LogP contribution >= 0.6 is 10.8 Å². The Bertz CT molecular complexity index is 1300. The lowest BCUT2D eigenvalue weighted by atomic mass is 9.92. The van der Waals surface area contributed by atoms with Crippen molar-refractivity contribution in [2.45, 2.75) is 35.8 Å². The van der Waals surface area contributed by atoms with Crippen LogP contribution in [-0.2, 0) is 48.6 Å². The summed E-state index contributed by atoms with van der Waals surface area (Å²) in [6, 6.07) is 11.2. The van der Waals surface area contributed by atoms with E-state index in [1.807, 2.05) is 0 Å². The van der Waals surface area contributed by atoms with Gasteiger partial charge in [0.2, 0.25) is 8.87 Å². The summed E-state index contributed by atoms with van der Waals surface area (Å²) in [6.45, 7) is 0. The lowest BCUT2D eigenvalue weighted by molar-refractivity contribution is -0.284. The highest BCUT2D eigenvalue weighted by Crippen LogP contribution is 2.45. The first-order valence-electron chi connectivity index (χ1n) is 11.2. The van der Waals surface area contributed by atoms with Crippen LogP contribution in [0, 0.1) is 0 Å². The van der Waals surface area contributed by atoms with Crippen LogP contribution in [0.15, 0.2) is 60.7 Å². The van der Waals surface area contributed by atoms with Crippen LogP contribution in [0.5, 0.6) is 0 Å². The van der Waals surface area contributed by atoms with E-state index in [2.05, 4.69) is 9.47 Å². The molecule has 0 aliphatic carbocycles. The van der Waals surface area contributed by atoms with Crippen LogP contribution in [0.1, 0.15) is 11.1 Å². The monoisotopic (exact) mass is 616 g/mol. The van der Waals surface area contributed by atoms with Crippen molar-refractivity contribution in [3.8, 4) is 0 Å². The average Bonchev–Trinajstić information content (AvgIpc) is 2.86. The molecule has 3 rings (SSSR count). The molecule has 2 aromatic carbocycles. The zero-order chi connectivity index (χ0) is 30.0. The summed E-state index contributed by atoms with van der Waals surface area (Å²) < 4.78 is 129. The number of alkyl halides is 6. The first kappa shape index (κ1) is 31.7. The smallest absolute Gasteiger partial charge is 0.432 e. The summed E-state index contributed by atoms with van der Waals surface area (Å²) in [5.74, 6) is -6.07. The van der Waals surface area contributed by atoms with Crippen LogP contribution in [-0.4, -0.2) is 70.6 Å². The van der Waals surface area contributed by atoms with Crippen molar-refractivity contribution in [2.75, 3.05) is 25.7 Å². The topological polar surface area (TPSA) is 105 Å². The fraction of sp³-hybridized carbons (Fsp3) is 0.417. The molecular formula is C24H22F6O8S2. The van der Waals surface area contributed by atoms with Gasteiger partial charge in [-0.3, -0.25) is 0 Å². The van der Waals surface area contributed by atoms with Crippen LogP contribution < -0.4 is 0 Å². The number of ether oxygens (including phenoxy) is 4. The van der Waals surface area contributed by atoms with Gasteiger partial charge >= 0.3 is 24.3 Å². The highest BCUT2D eigenvalue weighted by atomic mass is 33.1. The number of rotatable bonds is 8. The van der Waals surface area contributed by atoms with E-state index in [4.69, 9.17) is 9.47 Å². The van der Waals surface area contributed by atoms with Crippen molar-refractivity contribution < 1.29 is 63.3 Å². The lowest BCUT2D eigenvalue weighted by Gasteiger charge is -2.38. The molecule has 0 saturated carbocycles. The maximum absolute atomic E-state index is 14.3. The van der Waals surface area contributed by atoms with Crippen molar-refractivity contribution >= 4 is 31.6 Å². The Morgan fingerprint density at radius 3 is 1.45 bits per heavy atom. The largest absolute Gasteiger partial charge is 0.455 e.